The molecule has 1 aliphatic rings. The first kappa shape index (κ1) is 16.5. The minimum absolute atomic E-state index is 0. The molecule has 0 saturated carbocycles. The van der Waals surface area contributed by atoms with Crippen LogP contribution in [0.5, 0.6) is 0 Å². The summed E-state index contributed by atoms with van der Waals surface area (Å²) in [6, 6.07) is 9.08. The van der Waals surface area contributed by atoms with E-state index in [0.29, 0.717) is 11.1 Å². The number of carbonyl (C=O) groups is 1. The molecule has 1 aromatic heterocycles. The highest BCUT2D eigenvalue weighted by atomic mass is 35.5. The Morgan fingerprint density at radius 1 is 1.32 bits per heavy atom. The number of nitrogens with one attached hydrogen (secondary N) is 3. The van der Waals surface area contributed by atoms with Crippen LogP contribution in [0.4, 0.5) is 0 Å². The Bertz CT molecular complexity index is 729. The van der Waals surface area contributed by atoms with Crippen LogP contribution in [0.2, 0.25) is 0 Å². The van der Waals surface area contributed by atoms with Crippen molar-refractivity contribution >= 4 is 29.2 Å². The lowest BCUT2D eigenvalue weighted by Crippen LogP contribution is -2.52. The smallest absolute Gasteiger partial charge is 0.252 e. The highest BCUT2D eigenvalue weighted by Gasteiger charge is 2.23. The van der Waals surface area contributed by atoms with Crippen molar-refractivity contribution in [2.75, 3.05) is 6.54 Å². The third kappa shape index (κ3) is 3.31. The zero-order valence-electron chi connectivity index (χ0n) is 12.4. The van der Waals surface area contributed by atoms with E-state index in [0.717, 1.165) is 24.8 Å². The van der Waals surface area contributed by atoms with E-state index in [2.05, 4.69) is 22.5 Å². The van der Waals surface area contributed by atoms with Crippen molar-refractivity contribution in [3.8, 4) is 0 Å². The molecule has 0 spiro atoms. The van der Waals surface area contributed by atoms with Gasteiger partial charge in [-0.1, -0.05) is 18.2 Å². The van der Waals surface area contributed by atoms with Gasteiger partial charge in [-0.25, -0.2) is 0 Å². The molecule has 22 heavy (non-hydrogen) atoms. The first-order chi connectivity index (χ1) is 10.1. The van der Waals surface area contributed by atoms with Gasteiger partial charge in [0.2, 0.25) is 5.56 Å². The molecule has 0 aliphatic carbocycles. The Labute approximate surface area is 134 Å². The number of halogens is 1. The molecule has 1 aromatic carbocycles. The maximum atomic E-state index is 12.5. The van der Waals surface area contributed by atoms with Gasteiger partial charge in [-0.3, -0.25) is 9.59 Å². The van der Waals surface area contributed by atoms with E-state index >= 15 is 0 Å². The molecule has 2 heterocycles. The quantitative estimate of drug-likeness (QED) is 0.790. The lowest BCUT2D eigenvalue weighted by molar-refractivity contribution is 0.0921. The van der Waals surface area contributed by atoms with E-state index in [1.807, 2.05) is 18.2 Å². The second-order valence-electron chi connectivity index (χ2n) is 5.56. The zero-order chi connectivity index (χ0) is 14.8. The Kier molecular flexibility index (Phi) is 5.21. The summed E-state index contributed by atoms with van der Waals surface area (Å²) in [5.74, 6) is -0.183. The minimum Gasteiger partial charge on any atom is -0.348 e. The van der Waals surface area contributed by atoms with E-state index in [-0.39, 0.29) is 36.0 Å². The predicted molar refractivity (Wildman–Crippen MR) is 89.8 cm³/mol. The van der Waals surface area contributed by atoms with Crippen LogP contribution in [0.3, 0.4) is 0 Å². The largest absolute Gasteiger partial charge is 0.348 e. The second kappa shape index (κ2) is 6.94. The van der Waals surface area contributed by atoms with Gasteiger partial charge in [-0.05, 0) is 32.4 Å². The van der Waals surface area contributed by atoms with Crippen molar-refractivity contribution in [2.45, 2.75) is 31.8 Å². The van der Waals surface area contributed by atoms with Crippen LogP contribution in [-0.4, -0.2) is 29.5 Å². The van der Waals surface area contributed by atoms with Crippen molar-refractivity contribution in [3.63, 3.8) is 0 Å². The molecule has 6 heteroatoms. The number of para-hydroxylation sites is 1. The molecule has 1 fully saturated rings. The molecule has 1 saturated heterocycles. The van der Waals surface area contributed by atoms with Crippen LogP contribution in [0.15, 0.2) is 35.1 Å². The first-order valence-electron chi connectivity index (χ1n) is 7.31. The molecule has 0 radical (unpaired) electrons. The lowest BCUT2D eigenvalue weighted by Gasteiger charge is -2.30. The maximum Gasteiger partial charge on any atom is 0.252 e. The van der Waals surface area contributed by atoms with E-state index in [4.69, 9.17) is 0 Å². The van der Waals surface area contributed by atoms with Crippen LogP contribution in [0, 0.1) is 0 Å². The van der Waals surface area contributed by atoms with Crippen molar-refractivity contribution in [2.24, 2.45) is 0 Å². The number of carbonyl (C=O) groups excluding carboxylic acids is 1. The fourth-order valence-corrected chi connectivity index (χ4v) is 2.88. The molecule has 118 valence electrons. The Hall–Kier alpha value is -1.85. The Morgan fingerprint density at radius 3 is 2.86 bits per heavy atom. The van der Waals surface area contributed by atoms with Gasteiger partial charge < -0.3 is 15.6 Å². The van der Waals surface area contributed by atoms with E-state index in [1.54, 1.807) is 6.07 Å². The van der Waals surface area contributed by atoms with Gasteiger partial charge in [0, 0.05) is 29.1 Å². The van der Waals surface area contributed by atoms with Crippen molar-refractivity contribution in [1.29, 1.82) is 0 Å². The number of aromatic amines is 1. The van der Waals surface area contributed by atoms with Gasteiger partial charge in [-0.2, -0.15) is 0 Å². The lowest BCUT2D eigenvalue weighted by atomic mass is 9.99. The summed E-state index contributed by atoms with van der Waals surface area (Å²) in [6.07, 6.45) is 2.01. The average molecular weight is 322 g/mol. The van der Waals surface area contributed by atoms with Crippen LogP contribution in [0.25, 0.3) is 10.9 Å². The minimum atomic E-state index is -0.256. The number of benzene rings is 1. The molecule has 2 aromatic rings. The van der Waals surface area contributed by atoms with Crippen LogP contribution in [-0.2, 0) is 0 Å². The van der Waals surface area contributed by atoms with E-state index in [1.165, 1.54) is 6.07 Å². The number of hydrogen-bond acceptors (Lipinski definition) is 3. The van der Waals surface area contributed by atoms with E-state index < -0.39 is 0 Å². The normalized spacial score (nSPS) is 21.1. The molecular weight excluding hydrogens is 302 g/mol. The first-order valence-corrected chi connectivity index (χ1v) is 7.31. The maximum absolute atomic E-state index is 12.5. The predicted octanol–water partition coefficient (Wildman–Crippen LogP) is 1.82. The summed E-state index contributed by atoms with van der Waals surface area (Å²) in [6.45, 7) is 3.06. The number of amides is 1. The molecule has 1 amide bonds. The van der Waals surface area contributed by atoms with Crippen molar-refractivity contribution in [1.82, 2.24) is 15.6 Å². The number of rotatable bonds is 2. The highest BCUT2D eigenvalue weighted by molar-refractivity contribution is 6.06. The SMILES string of the molecule is CC1NCCCC1NC(=O)c1cc(=O)[nH]c2ccccc12.Cl. The molecule has 0 bridgehead atoms. The summed E-state index contributed by atoms with van der Waals surface area (Å²) in [4.78, 5) is 27.0. The molecule has 3 N–H and O–H groups in total. The Morgan fingerprint density at radius 2 is 2.09 bits per heavy atom. The monoisotopic (exact) mass is 321 g/mol. The van der Waals surface area contributed by atoms with Gasteiger partial charge in [0.25, 0.3) is 5.91 Å². The number of pyridine rings is 1. The summed E-state index contributed by atoms with van der Waals surface area (Å²) in [7, 11) is 0. The van der Waals surface area contributed by atoms with Crippen LogP contribution >= 0.6 is 12.4 Å². The van der Waals surface area contributed by atoms with Gasteiger partial charge in [0.05, 0.1) is 5.56 Å². The van der Waals surface area contributed by atoms with Gasteiger partial charge in [-0.15, -0.1) is 12.4 Å². The molecule has 2 atom stereocenters. The third-order valence-electron chi connectivity index (χ3n) is 4.07. The van der Waals surface area contributed by atoms with Gasteiger partial charge >= 0.3 is 0 Å². The summed E-state index contributed by atoms with van der Waals surface area (Å²) >= 11 is 0. The molecule has 1 aliphatic heterocycles. The van der Waals surface area contributed by atoms with Crippen molar-refractivity contribution < 1.29 is 4.79 Å². The van der Waals surface area contributed by atoms with Gasteiger partial charge in [0.15, 0.2) is 0 Å². The topological polar surface area (TPSA) is 74.0 Å². The Balaban J connectivity index is 0.00000176. The van der Waals surface area contributed by atoms with E-state index in [9.17, 15) is 9.59 Å². The number of hydrogen-bond donors (Lipinski definition) is 3. The summed E-state index contributed by atoms with van der Waals surface area (Å²) in [5, 5.41) is 7.17. The van der Waals surface area contributed by atoms with Crippen LogP contribution < -0.4 is 16.2 Å². The highest BCUT2D eigenvalue weighted by Crippen LogP contribution is 2.16. The molecular formula is C16H20ClN3O2. The fourth-order valence-electron chi connectivity index (χ4n) is 2.88. The molecule has 3 rings (SSSR count). The number of fused-ring (bicyclic) bond motifs is 1. The summed E-state index contributed by atoms with van der Waals surface area (Å²) < 4.78 is 0. The fraction of sp³-hybridized carbons (Fsp3) is 0.375. The molecule has 5 nitrogen and oxygen atoms in total. The van der Waals surface area contributed by atoms with Gasteiger partial charge in [0.1, 0.15) is 0 Å². The molecule has 2 unspecified atom stereocenters. The number of aromatic nitrogens is 1. The zero-order valence-corrected chi connectivity index (χ0v) is 13.2. The number of H-pyrrole nitrogens is 1. The standard InChI is InChI=1S/C16H19N3O2.ClH/c1-10-13(7-4-8-17-10)19-16(21)12-9-15(20)18-14-6-3-2-5-11(12)14;/h2-3,5-6,9-10,13,17H,4,7-8H2,1H3,(H,18,20)(H,19,21);1H. The second-order valence-corrected chi connectivity index (χ2v) is 5.56. The number of piperidine rings is 1. The van der Waals surface area contributed by atoms with Crippen molar-refractivity contribution in [3.05, 3.63) is 46.2 Å². The van der Waals surface area contributed by atoms with Crippen LogP contribution in [0.1, 0.15) is 30.1 Å². The summed E-state index contributed by atoms with van der Waals surface area (Å²) in [5.41, 5.74) is 0.866. The average Bonchev–Trinajstić information content (AvgIpc) is 2.48. The third-order valence-corrected chi connectivity index (χ3v) is 4.07.